The molecule has 0 atom stereocenters. The molecule has 0 spiro atoms. The van der Waals surface area contributed by atoms with Gasteiger partial charge in [0.15, 0.2) is 0 Å². The molecular weight excluding hydrogens is 366 g/mol. The Hall–Kier alpha value is -1.97. The predicted octanol–water partition coefficient (Wildman–Crippen LogP) is 1.06. The van der Waals surface area contributed by atoms with Crippen LogP contribution in [-0.4, -0.2) is 76.7 Å². The average Bonchev–Trinajstić information content (AvgIpc) is 3.26. The number of hydrogen-bond acceptors (Lipinski definition) is 4. The Labute approximate surface area is 159 Å². The van der Waals surface area contributed by atoms with Gasteiger partial charge in [0, 0.05) is 57.9 Å². The Morgan fingerprint density at radius 2 is 1.63 bits per heavy atom. The molecule has 2 fully saturated rings. The van der Waals surface area contributed by atoms with E-state index in [4.69, 9.17) is 0 Å². The maximum absolute atomic E-state index is 12.9. The quantitative estimate of drug-likeness (QED) is 0.784. The first-order chi connectivity index (χ1) is 13.0. The Morgan fingerprint density at radius 3 is 2.41 bits per heavy atom. The number of nitrogens with zero attached hydrogens (tertiary/aromatic N) is 5. The van der Waals surface area contributed by atoms with E-state index in [1.807, 2.05) is 29.9 Å². The van der Waals surface area contributed by atoms with Gasteiger partial charge < -0.3 is 9.47 Å². The fourth-order valence-electron chi connectivity index (χ4n) is 3.83. The number of aromatic nitrogens is 2. The summed E-state index contributed by atoms with van der Waals surface area (Å²) >= 11 is 0. The molecular formula is C18H25N5O3S. The van der Waals surface area contributed by atoms with Crippen molar-refractivity contribution in [3.63, 3.8) is 0 Å². The van der Waals surface area contributed by atoms with Crippen LogP contribution in [0.5, 0.6) is 0 Å². The molecule has 4 rings (SSSR count). The lowest BCUT2D eigenvalue weighted by molar-refractivity contribution is 0.0758. The van der Waals surface area contributed by atoms with E-state index >= 15 is 0 Å². The summed E-state index contributed by atoms with van der Waals surface area (Å²) in [6.07, 6.45) is 4.39. The molecule has 0 bridgehead atoms. The molecule has 146 valence electrons. The second-order valence-electron chi connectivity index (χ2n) is 7.19. The zero-order chi connectivity index (χ0) is 19.0. The number of hydrogen-bond donors (Lipinski definition) is 0. The predicted molar refractivity (Wildman–Crippen MR) is 103 cm³/mol. The summed E-state index contributed by atoms with van der Waals surface area (Å²) in [5.41, 5.74) is 1.18. The molecule has 2 aromatic rings. The van der Waals surface area contributed by atoms with Gasteiger partial charge >= 0.3 is 0 Å². The van der Waals surface area contributed by atoms with Crippen molar-refractivity contribution in [3.05, 3.63) is 30.1 Å². The van der Waals surface area contributed by atoms with E-state index in [0.717, 1.165) is 23.9 Å². The highest BCUT2D eigenvalue weighted by molar-refractivity contribution is 7.86. The van der Waals surface area contributed by atoms with Gasteiger partial charge in [-0.15, -0.1) is 0 Å². The zero-order valence-electron chi connectivity index (χ0n) is 15.5. The lowest BCUT2D eigenvalue weighted by Crippen LogP contribution is -2.44. The van der Waals surface area contributed by atoms with Crippen molar-refractivity contribution < 1.29 is 13.2 Å². The van der Waals surface area contributed by atoms with Gasteiger partial charge in [-0.2, -0.15) is 17.0 Å². The second kappa shape index (κ2) is 7.21. The highest BCUT2D eigenvalue weighted by Crippen LogP contribution is 2.19. The largest absolute Gasteiger partial charge is 0.336 e. The molecule has 8 nitrogen and oxygen atoms in total. The fraction of sp³-hybridized carbons (Fsp3) is 0.556. The molecule has 0 unspecified atom stereocenters. The normalized spacial score (nSPS) is 20.3. The van der Waals surface area contributed by atoms with E-state index in [1.54, 1.807) is 15.3 Å². The van der Waals surface area contributed by atoms with Crippen LogP contribution in [0.4, 0.5) is 0 Å². The Kier molecular flexibility index (Phi) is 4.92. The number of carbonyl (C=O) groups is 1. The summed E-state index contributed by atoms with van der Waals surface area (Å²) in [6, 6.07) is 5.61. The zero-order valence-corrected chi connectivity index (χ0v) is 16.4. The Morgan fingerprint density at radius 1 is 0.926 bits per heavy atom. The molecule has 2 saturated heterocycles. The summed E-state index contributed by atoms with van der Waals surface area (Å²) in [5, 5.41) is 0.993. The number of rotatable bonds is 3. The van der Waals surface area contributed by atoms with Crippen LogP contribution in [0.1, 0.15) is 29.8 Å². The highest BCUT2D eigenvalue weighted by atomic mass is 32.2. The van der Waals surface area contributed by atoms with Crippen LogP contribution >= 0.6 is 0 Å². The van der Waals surface area contributed by atoms with Crippen molar-refractivity contribution in [1.29, 1.82) is 0 Å². The summed E-state index contributed by atoms with van der Waals surface area (Å²) < 4.78 is 30.5. The number of pyridine rings is 1. The van der Waals surface area contributed by atoms with Gasteiger partial charge in [-0.05, 0) is 37.5 Å². The second-order valence-corrected chi connectivity index (χ2v) is 9.12. The smallest absolute Gasteiger partial charge is 0.282 e. The van der Waals surface area contributed by atoms with Crippen molar-refractivity contribution >= 4 is 27.1 Å². The van der Waals surface area contributed by atoms with Crippen LogP contribution in [0.3, 0.4) is 0 Å². The Balaban J connectivity index is 1.48. The summed E-state index contributed by atoms with van der Waals surface area (Å²) in [4.78, 5) is 19.1. The van der Waals surface area contributed by atoms with E-state index in [1.165, 1.54) is 4.31 Å². The van der Waals surface area contributed by atoms with Crippen LogP contribution in [0.15, 0.2) is 24.4 Å². The topological polar surface area (TPSA) is 78.8 Å². The molecule has 2 aliphatic heterocycles. The molecule has 2 aromatic heterocycles. The van der Waals surface area contributed by atoms with Gasteiger partial charge in [-0.25, -0.2) is 4.98 Å². The lowest BCUT2D eigenvalue weighted by Gasteiger charge is -2.26. The minimum atomic E-state index is -3.42. The van der Waals surface area contributed by atoms with Gasteiger partial charge in [0.1, 0.15) is 11.3 Å². The lowest BCUT2D eigenvalue weighted by atomic mass is 10.2. The standard InChI is InChI=1S/C18H25N5O3S/c1-20-12-7-15-5-6-16(19-17(15)20)18(24)21-8-4-11-23(14-13-21)27(25,26)22-9-2-3-10-22/h5-7,12H,2-4,8-11,13-14H2,1H3. The molecule has 0 aliphatic carbocycles. The van der Waals surface area contributed by atoms with Crippen LogP contribution in [0, 0.1) is 0 Å². The third kappa shape index (κ3) is 3.46. The summed E-state index contributed by atoms with van der Waals surface area (Å²) in [7, 11) is -1.52. The van der Waals surface area contributed by atoms with E-state index in [2.05, 4.69) is 4.98 Å². The summed E-state index contributed by atoms with van der Waals surface area (Å²) in [5.74, 6) is -0.140. The van der Waals surface area contributed by atoms with Gasteiger partial charge in [0.2, 0.25) is 0 Å². The summed E-state index contributed by atoms with van der Waals surface area (Å²) in [6.45, 7) is 2.91. The average molecular weight is 391 g/mol. The molecule has 0 aromatic carbocycles. The molecule has 0 saturated carbocycles. The Bertz CT molecular complexity index is 949. The first kappa shape index (κ1) is 18.4. The van der Waals surface area contributed by atoms with Crippen molar-refractivity contribution in [2.75, 3.05) is 39.3 Å². The monoisotopic (exact) mass is 391 g/mol. The van der Waals surface area contributed by atoms with Crippen molar-refractivity contribution in [3.8, 4) is 0 Å². The highest BCUT2D eigenvalue weighted by Gasteiger charge is 2.33. The fourth-order valence-corrected chi connectivity index (χ4v) is 5.54. The van der Waals surface area contributed by atoms with Crippen molar-refractivity contribution in [2.45, 2.75) is 19.3 Å². The van der Waals surface area contributed by atoms with Gasteiger partial charge in [0.25, 0.3) is 16.1 Å². The van der Waals surface area contributed by atoms with Crippen LogP contribution in [-0.2, 0) is 17.3 Å². The van der Waals surface area contributed by atoms with Crippen LogP contribution in [0.25, 0.3) is 11.0 Å². The molecule has 27 heavy (non-hydrogen) atoms. The van der Waals surface area contributed by atoms with Gasteiger partial charge in [0.05, 0.1) is 0 Å². The number of carbonyl (C=O) groups excluding carboxylic acids is 1. The molecule has 9 heteroatoms. The molecule has 0 radical (unpaired) electrons. The van der Waals surface area contributed by atoms with Gasteiger partial charge in [-0.3, -0.25) is 4.79 Å². The first-order valence-electron chi connectivity index (χ1n) is 9.43. The minimum Gasteiger partial charge on any atom is -0.336 e. The molecule has 4 heterocycles. The van der Waals surface area contributed by atoms with E-state index in [-0.39, 0.29) is 5.91 Å². The van der Waals surface area contributed by atoms with E-state index in [9.17, 15) is 13.2 Å². The van der Waals surface area contributed by atoms with Gasteiger partial charge in [-0.1, -0.05) is 0 Å². The number of fused-ring (bicyclic) bond motifs is 1. The van der Waals surface area contributed by atoms with Crippen molar-refractivity contribution in [1.82, 2.24) is 23.1 Å². The minimum absolute atomic E-state index is 0.140. The molecule has 2 aliphatic rings. The third-order valence-corrected chi connectivity index (χ3v) is 7.43. The molecule has 0 N–H and O–H groups in total. The van der Waals surface area contributed by atoms with Crippen LogP contribution < -0.4 is 0 Å². The van der Waals surface area contributed by atoms with Crippen molar-refractivity contribution in [2.24, 2.45) is 7.05 Å². The first-order valence-corrected chi connectivity index (χ1v) is 10.8. The number of aryl methyl sites for hydroxylation is 1. The number of amides is 1. The van der Waals surface area contributed by atoms with E-state index in [0.29, 0.717) is 51.4 Å². The van der Waals surface area contributed by atoms with Crippen LogP contribution in [0.2, 0.25) is 0 Å². The van der Waals surface area contributed by atoms with E-state index < -0.39 is 10.2 Å². The SMILES string of the molecule is Cn1ccc2ccc(C(=O)N3CCCN(S(=O)(=O)N4CCCC4)CC3)nc21. The third-order valence-electron chi connectivity index (χ3n) is 5.40. The maximum Gasteiger partial charge on any atom is 0.282 e. The molecule has 1 amide bonds. The maximum atomic E-state index is 12.9.